The lowest BCUT2D eigenvalue weighted by atomic mass is 9.64. The molecule has 1 amide bonds. The molecule has 2 aliphatic rings. The number of likely N-dealkylation sites (tertiary alicyclic amines) is 1. The second-order valence-corrected chi connectivity index (χ2v) is 8.75. The van der Waals surface area contributed by atoms with E-state index in [-0.39, 0.29) is 17.1 Å². The molecule has 2 heterocycles. The fraction of sp³-hybridized carbons (Fsp3) is 0.360. The van der Waals surface area contributed by atoms with Gasteiger partial charge in [-0.2, -0.15) is 0 Å². The van der Waals surface area contributed by atoms with E-state index in [4.69, 9.17) is 0 Å². The molecule has 1 aliphatic carbocycles. The minimum absolute atomic E-state index is 0.203. The molecule has 1 aliphatic heterocycles. The highest BCUT2D eigenvalue weighted by Gasteiger charge is 2.46. The smallest absolute Gasteiger partial charge is 0.227 e. The van der Waals surface area contributed by atoms with E-state index in [0.29, 0.717) is 12.3 Å². The zero-order valence-corrected chi connectivity index (χ0v) is 16.5. The van der Waals surface area contributed by atoms with Gasteiger partial charge in [-0.25, -0.2) is 4.39 Å². The molecule has 4 heteroatoms. The number of pyridine rings is 1. The molecule has 0 unspecified atom stereocenters. The highest BCUT2D eigenvalue weighted by atomic mass is 19.1. The molecule has 29 heavy (non-hydrogen) atoms. The Morgan fingerprint density at radius 2 is 1.83 bits per heavy atom. The van der Waals surface area contributed by atoms with Crippen LogP contribution in [0.1, 0.15) is 42.7 Å². The topological polar surface area (TPSA) is 33.2 Å². The Kier molecular flexibility index (Phi) is 4.57. The van der Waals surface area contributed by atoms with Crippen molar-refractivity contribution in [3.8, 4) is 0 Å². The largest absolute Gasteiger partial charge is 0.341 e. The zero-order valence-electron chi connectivity index (χ0n) is 16.5. The summed E-state index contributed by atoms with van der Waals surface area (Å²) in [7, 11) is 0. The predicted molar refractivity (Wildman–Crippen MR) is 112 cm³/mol. The van der Waals surface area contributed by atoms with Crippen molar-refractivity contribution in [2.45, 2.75) is 38.0 Å². The zero-order chi connectivity index (χ0) is 19.8. The third-order valence-electron chi connectivity index (χ3n) is 6.83. The summed E-state index contributed by atoms with van der Waals surface area (Å²) in [6.07, 6.45) is 6.78. The third kappa shape index (κ3) is 3.52. The Hall–Kier alpha value is -2.75. The Bertz CT molecular complexity index is 1030. The number of hydrogen-bond donors (Lipinski definition) is 0. The average molecular weight is 388 g/mol. The summed E-state index contributed by atoms with van der Waals surface area (Å²) < 4.78 is 13.8. The minimum atomic E-state index is -0.203. The first-order valence-corrected chi connectivity index (χ1v) is 10.5. The van der Waals surface area contributed by atoms with Gasteiger partial charge in [0.25, 0.3) is 0 Å². The van der Waals surface area contributed by atoms with E-state index in [1.807, 2.05) is 41.4 Å². The summed E-state index contributed by atoms with van der Waals surface area (Å²) in [6.45, 7) is 1.77. The lowest BCUT2D eigenvalue weighted by molar-refractivity contribution is -0.145. The summed E-state index contributed by atoms with van der Waals surface area (Å²) in [6, 6.07) is 16.9. The Morgan fingerprint density at radius 1 is 1.07 bits per heavy atom. The van der Waals surface area contributed by atoms with Gasteiger partial charge in [-0.15, -0.1) is 0 Å². The molecule has 1 saturated carbocycles. The Labute approximate surface area is 170 Å². The van der Waals surface area contributed by atoms with Gasteiger partial charge in [0.15, 0.2) is 0 Å². The fourth-order valence-corrected chi connectivity index (χ4v) is 5.18. The first-order valence-electron chi connectivity index (χ1n) is 10.5. The molecule has 5 rings (SSSR count). The number of aromatic nitrogens is 1. The molecule has 0 N–H and O–H groups in total. The molecule has 1 spiro atoms. The van der Waals surface area contributed by atoms with Crippen LogP contribution in [0.2, 0.25) is 0 Å². The van der Waals surface area contributed by atoms with Crippen LogP contribution in [0.5, 0.6) is 0 Å². The van der Waals surface area contributed by atoms with Gasteiger partial charge in [-0.05, 0) is 67.0 Å². The molecule has 1 aromatic heterocycles. The van der Waals surface area contributed by atoms with E-state index in [0.717, 1.165) is 55.2 Å². The van der Waals surface area contributed by atoms with Crippen molar-refractivity contribution in [2.75, 3.05) is 13.1 Å². The van der Waals surface area contributed by atoms with Crippen LogP contribution in [-0.2, 0) is 11.2 Å². The number of benzene rings is 2. The van der Waals surface area contributed by atoms with Gasteiger partial charge in [-0.3, -0.25) is 9.78 Å². The van der Waals surface area contributed by atoms with Crippen LogP contribution in [0.25, 0.3) is 10.9 Å². The molecular formula is C25H25FN2O. The van der Waals surface area contributed by atoms with Crippen molar-refractivity contribution < 1.29 is 9.18 Å². The van der Waals surface area contributed by atoms with E-state index in [1.54, 1.807) is 12.1 Å². The van der Waals surface area contributed by atoms with E-state index in [1.165, 1.54) is 11.6 Å². The number of carbonyl (C=O) groups excluding carboxylic acids is 1. The van der Waals surface area contributed by atoms with Crippen molar-refractivity contribution in [2.24, 2.45) is 5.41 Å². The Morgan fingerprint density at radius 3 is 2.59 bits per heavy atom. The normalized spacial score (nSPS) is 18.7. The second-order valence-electron chi connectivity index (χ2n) is 8.75. The monoisotopic (exact) mass is 388 g/mol. The van der Waals surface area contributed by atoms with Crippen LogP contribution in [-0.4, -0.2) is 28.9 Å². The van der Waals surface area contributed by atoms with Crippen LogP contribution in [0.15, 0.2) is 60.8 Å². The number of nitrogens with zero attached hydrogens (tertiary/aromatic N) is 2. The first kappa shape index (κ1) is 18.3. The van der Waals surface area contributed by atoms with Gasteiger partial charge in [0.2, 0.25) is 5.91 Å². The van der Waals surface area contributed by atoms with Crippen LogP contribution in [0.3, 0.4) is 0 Å². The molecule has 0 radical (unpaired) electrons. The van der Waals surface area contributed by atoms with Crippen LogP contribution >= 0.6 is 0 Å². The predicted octanol–water partition coefficient (Wildman–Crippen LogP) is 5.10. The van der Waals surface area contributed by atoms with Crippen LogP contribution in [0, 0.1) is 11.2 Å². The standard InChI is InChI=1S/C25H25FN2O/c26-20-6-7-23-22(15-20)21(10-13-27-23)19-8-11-25(12-9-19)16-28(17-25)24(29)14-18-4-2-1-3-5-18/h1-7,10,13,15,19H,8-9,11-12,14,16-17H2. The van der Waals surface area contributed by atoms with E-state index in [9.17, 15) is 9.18 Å². The lowest BCUT2D eigenvalue weighted by Gasteiger charge is -2.53. The van der Waals surface area contributed by atoms with Crippen LogP contribution < -0.4 is 0 Å². The molecule has 0 bridgehead atoms. The van der Waals surface area contributed by atoms with Crippen LogP contribution in [0.4, 0.5) is 4.39 Å². The summed E-state index contributed by atoms with van der Waals surface area (Å²) in [5.74, 6) is 0.479. The average Bonchev–Trinajstić information content (AvgIpc) is 2.72. The van der Waals surface area contributed by atoms with Gasteiger partial charge in [0, 0.05) is 30.1 Å². The molecular weight excluding hydrogens is 363 g/mol. The molecule has 0 atom stereocenters. The van der Waals surface area contributed by atoms with E-state index >= 15 is 0 Å². The molecule has 2 fully saturated rings. The van der Waals surface area contributed by atoms with Gasteiger partial charge < -0.3 is 4.90 Å². The molecule has 148 valence electrons. The number of amides is 1. The number of halogens is 1. The summed E-state index contributed by atoms with van der Waals surface area (Å²) in [4.78, 5) is 19.0. The summed E-state index contributed by atoms with van der Waals surface area (Å²) in [5.41, 5.74) is 3.46. The maximum Gasteiger partial charge on any atom is 0.227 e. The van der Waals surface area contributed by atoms with E-state index < -0.39 is 0 Å². The highest BCUT2D eigenvalue weighted by molar-refractivity contribution is 5.82. The minimum Gasteiger partial charge on any atom is -0.341 e. The van der Waals surface area contributed by atoms with Crippen molar-refractivity contribution in [1.29, 1.82) is 0 Å². The number of hydrogen-bond acceptors (Lipinski definition) is 2. The van der Waals surface area contributed by atoms with Crippen molar-refractivity contribution in [3.63, 3.8) is 0 Å². The van der Waals surface area contributed by atoms with Gasteiger partial charge in [0.05, 0.1) is 11.9 Å². The molecule has 1 saturated heterocycles. The van der Waals surface area contributed by atoms with Crippen molar-refractivity contribution in [3.05, 3.63) is 77.7 Å². The second kappa shape index (κ2) is 7.25. The first-order chi connectivity index (χ1) is 14.1. The Balaban J connectivity index is 1.22. The molecule has 3 nitrogen and oxygen atoms in total. The highest BCUT2D eigenvalue weighted by Crippen LogP contribution is 2.49. The van der Waals surface area contributed by atoms with Gasteiger partial charge in [-0.1, -0.05) is 30.3 Å². The molecule has 3 aromatic rings. The summed E-state index contributed by atoms with van der Waals surface area (Å²) in [5, 5.41) is 0.946. The maximum atomic E-state index is 13.8. The number of fused-ring (bicyclic) bond motifs is 1. The van der Waals surface area contributed by atoms with Crippen molar-refractivity contribution >= 4 is 16.8 Å². The van der Waals surface area contributed by atoms with E-state index in [2.05, 4.69) is 11.1 Å². The number of rotatable bonds is 3. The van der Waals surface area contributed by atoms with Gasteiger partial charge in [0.1, 0.15) is 5.82 Å². The lowest BCUT2D eigenvalue weighted by Crippen LogP contribution is -2.59. The number of carbonyl (C=O) groups is 1. The quantitative estimate of drug-likeness (QED) is 0.625. The van der Waals surface area contributed by atoms with Gasteiger partial charge >= 0.3 is 0 Å². The SMILES string of the molecule is O=C(Cc1ccccc1)N1CC2(CCC(c3ccnc4ccc(F)cc34)CC2)C1. The maximum absolute atomic E-state index is 13.8. The fourth-order valence-electron chi connectivity index (χ4n) is 5.18. The third-order valence-corrected chi connectivity index (χ3v) is 6.83. The summed E-state index contributed by atoms with van der Waals surface area (Å²) >= 11 is 0. The van der Waals surface area contributed by atoms with Crippen molar-refractivity contribution in [1.82, 2.24) is 9.88 Å². The molecule has 2 aromatic carbocycles.